The molecule has 0 aromatic carbocycles. The van der Waals surface area contributed by atoms with E-state index in [9.17, 15) is 4.79 Å². The van der Waals surface area contributed by atoms with Crippen molar-refractivity contribution < 1.29 is 9.21 Å². The van der Waals surface area contributed by atoms with Crippen LogP contribution >= 0.6 is 11.3 Å². The van der Waals surface area contributed by atoms with Gasteiger partial charge in [0.25, 0.3) is 0 Å². The highest BCUT2D eigenvalue weighted by Gasteiger charge is 2.43. The molecule has 5 heteroatoms. The van der Waals surface area contributed by atoms with Crippen molar-refractivity contribution in [1.82, 2.24) is 10.3 Å². The maximum atomic E-state index is 13.1. The van der Waals surface area contributed by atoms with Crippen molar-refractivity contribution >= 4 is 17.2 Å². The molecule has 3 heterocycles. The van der Waals surface area contributed by atoms with E-state index in [1.165, 1.54) is 4.88 Å². The van der Waals surface area contributed by atoms with E-state index in [2.05, 4.69) is 21.7 Å². The van der Waals surface area contributed by atoms with E-state index in [1.807, 2.05) is 30.3 Å². The van der Waals surface area contributed by atoms with Gasteiger partial charge in [-0.3, -0.25) is 9.78 Å². The van der Waals surface area contributed by atoms with E-state index in [-0.39, 0.29) is 11.3 Å². The predicted molar refractivity (Wildman–Crippen MR) is 98.3 cm³/mol. The zero-order valence-corrected chi connectivity index (χ0v) is 14.7. The van der Waals surface area contributed by atoms with Gasteiger partial charge in [-0.25, -0.2) is 0 Å². The summed E-state index contributed by atoms with van der Waals surface area (Å²) in [5.74, 6) is 0.848. The molecule has 0 atom stereocenters. The van der Waals surface area contributed by atoms with Gasteiger partial charge in [0.2, 0.25) is 5.91 Å². The van der Waals surface area contributed by atoms with Gasteiger partial charge in [0.05, 0.1) is 11.7 Å². The van der Waals surface area contributed by atoms with Crippen molar-refractivity contribution in [2.75, 3.05) is 0 Å². The normalized spacial score (nSPS) is 16.0. The molecule has 0 unspecified atom stereocenters. The summed E-state index contributed by atoms with van der Waals surface area (Å²) in [6, 6.07) is 11.7. The number of hydrogen-bond donors (Lipinski definition) is 1. The quantitative estimate of drug-likeness (QED) is 0.734. The molecule has 0 aliphatic heterocycles. The first-order chi connectivity index (χ1) is 12.3. The van der Waals surface area contributed by atoms with Crippen LogP contribution in [0.5, 0.6) is 0 Å². The number of furan rings is 1. The number of nitrogens with one attached hydrogen (secondary N) is 1. The second-order valence-electron chi connectivity index (χ2n) is 6.44. The van der Waals surface area contributed by atoms with Gasteiger partial charge >= 0.3 is 0 Å². The Labute approximate surface area is 150 Å². The smallest absolute Gasteiger partial charge is 0.231 e. The van der Waals surface area contributed by atoms with Crippen LogP contribution in [0.4, 0.5) is 0 Å². The van der Waals surface area contributed by atoms with Crippen LogP contribution in [0, 0.1) is 0 Å². The number of carbonyl (C=O) groups excluding carboxylic acids is 1. The van der Waals surface area contributed by atoms with Crippen LogP contribution < -0.4 is 5.32 Å². The zero-order valence-electron chi connectivity index (χ0n) is 13.9. The molecule has 0 saturated heterocycles. The second kappa shape index (κ2) is 6.84. The van der Waals surface area contributed by atoms with E-state index in [0.717, 1.165) is 42.7 Å². The van der Waals surface area contributed by atoms with Crippen molar-refractivity contribution in [2.24, 2.45) is 0 Å². The number of carbonyl (C=O) groups is 1. The number of pyridine rings is 1. The van der Waals surface area contributed by atoms with Crippen LogP contribution in [-0.2, 0) is 16.8 Å². The average Bonchev–Trinajstić information content (AvgIpc) is 3.42. The first-order valence-electron chi connectivity index (χ1n) is 8.60. The first kappa shape index (κ1) is 16.1. The molecule has 1 aliphatic carbocycles. The summed E-state index contributed by atoms with van der Waals surface area (Å²) >= 11 is 1.68. The molecule has 0 spiro atoms. The molecule has 1 amide bonds. The molecular weight excluding hydrogens is 332 g/mol. The van der Waals surface area contributed by atoms with E-state index in [4.69, 9.17) is 4.42 Å². The number of rotatable bonds is 5. The third-order valence-electron chi connectivity index (χ3n) is 4.97. The molecule has 3 aromatic rings. The van der Waals surface area contributed by atoms with Crippen LogP contribution in [0.15, 0.2) is 58.7 Å². The topological polar surface area (TPSA) is 55.1 Å². The third kappa shape index (κ3) is 3.00. The summed E-state index contributed by atoms with van der Waals surface area (Å²) in [5, 5.41) is 5.21. The lowest BCUT2D eigenvalue weighted by atomic mass is 9.83. The van der Waals surface area contributed by atoms with Crippen molar-refractivity contribution in [3.05, 3.63) is 64.7 Å². The highest BCUT2D eigenvalue weighted by Crippen LogP contribution is 2.43. The first-order valence-corrected chi connectivity index (χ1v) is 9.48. The van der Waals surface area contributed by atoms with Crippen molar-refractivity contribution in [3.8, 4) is 11.5 Å². The molecule has 0 radical (unpaired) electrons. The molecule has 1 aliphatic rings. The van der Waals surface area contributed by atoms with Crippen LogP contribution in [0.2, 0.25) is 0 Å². The Morgan fingerprint density at radius 2 is 2.08 bits per heavy atom. The Balaban J connectivity index is 1.55. The lowest BCUT2D eigenvalue weighted by Gasteiger charge is -2.26. The van der Waals surface area contributed by atoms with Gasteiger partial charge in [0.15, 0.2) is 5.76 Å². The van der Waals surface area contributed by atoms with Gasteiger partial charge in [-0.1, -0.05) is 25.0 Å². The van der Waals surface area contributed by atoms with Crippen molar-refractivity contribution in [3.63, 3.8) is 0 Å². The van der Waals surface area contributed by atoms with Gasteiger partial charge in [0, 0.05) is 23.2 Å². The van der Waals surface area contributed by atoms with Gasteiger partial charge in [-0.15, -0.1) is 11.3 Å². The second-order valence-corrected chi connectivity index (χ2v) is 7.39. The Bertz CT molecular complexity index is 834. The number of amides is 1. The van der Waals surface area contributed by atoms with Gasteiger partial charge in [-0.05, 0) is 42.5 Å². The summed E-state index contributed by atoms with van der Waals surface area (Å²) in [5.41, 5.74) is 1.39. The van der Waals surface area contributed by atoms with Gasteiger partial charge in [-0.2, -0.15) is 0 Å². The summed E-state index contributed by atoms with van der Waals surface area (Å²) in [6.45, 7) is 0.454. The zero-order chi connectivity index (χ0) is 17.1. The molecule has 128 valence electrons. The maximum Gasteiger partial charge on any atom is 0.231 e. The number of thiophene rings is 1. The van der Waals surface area contributed by atoms with E-state index in [0.29, 0.717) is 6.54 Å². The van der Waals surface area contributed by atoms with E-state index < -0.39 is 0 Å². The Morgan fingerprint density at radius 1 is 1.20 bits per heavy atom. The van der Waals surface area contributed by atoms with Crippen LogP contribution in [0.3, 0.4) is 0 Å². The third-order valence-corrected chi connectivity index (χ3v) is 6.04. The molecule has 1 fully saturated rings. The number of hydrogen-bond acceptors (Lipinski definition) is 4. The van der Waals surface area contributed by atoms with Crippen molar-refractivity contribution in [2.45, 2.75) is 37.6 Å². The fourth-order valence-electron chi connectivity index (χ4n) is 3.68. The molecular formula is C20H20N2O2S. The Kier molecular flexibility index (Phi) is 4.40. The Hall–Kier alpha value is -2.40. The molecule has 25 heavy (non-hydrogen) atoms. The lowest BCUT2D eigenvalue weighted by molar-refractivity contribution is -0.126. The number of nitrogens with zero attached hydrogens (tertiary/aromatic N) is 1. The SMILES string of the molecule is O=C(NCc1cccnc1-c1ccco1)C1(c2cccs2)CCCC1. The minimum atomic E-state index is -0.360. The molecule has 1 N–H and O–H groups in total. The molecule has 0 bridgehead atoms. The molecule has 1 saturated carbocycles. The minimum Gasteiger partial charge on any atom is -0.463 e. The van der Waals surface area contributed by atoms with Crippen molar-refractivity contribution in [1.29, 1.82) is 0 Å². The average molecular weight is 352 g/mol. The van der Waals surface area contributed by atoms with E-state index >= 15 is 0 Å². The summed E-state index contributed by atoms with van der Waals surface area (Å²) in [4.78, 5) is 18.7. The van der Waals surface area contributed by atoms with Gasteiger partial charge < -0.3 is 9.73 Å². The van der Waals surface area contributed by atoms with Crippen LogP contribution in [0.25, 0.3) is 11.5 Å². The van der Waals surface area contributed by atoms with Crippen LogP contribution in [-0.4, -0.2) is 10.9 Å². The molecule has 4 rings (SSSR count). The predicted octanol–water partition coefficient (Wildman–Crippen LogP) is 4.53. The fraction of sp³-hybridized carbons (Fsp3) is 0.300. The summed E-state index contributed by atoms with van der Waals surface area (Å²) in [7, 11) is 0. The Morgan fingerprint density at radius 3 is 2.80 bits per heavy atom. The largest absolute Gasteiger partial charge is 0.463 e. The van der Waals surface area contributed by atoms with Crippen LogP contribution in [0.1, 0.15) is 36.1 Å². The summed E-state index contributed by atoms with van der Waals surface area (Å²) < 4.78 is 5.47. The lowest BCUT2D eigenvalue weighted by Crippen LogP contribution is -2.41. The standard InChI is InChI=1S/C20H20N2O2S/c23-19(20(9-1-2-10-20)17-8-5-13-25-17)22-14-15-6-3-11-21-18(15)16-7-4-12-24-16/h3-8,11-13H,1-2,9-10,14H2,(H,22,23). The monoisotopic (exact) mass is 352 g/mol. The highest BCUT2D eigenvalue weighted by atomic mass is 32.1. The maximum absolute atomic E-state index is 13.1. The van der Waals surface area contributed by atoms with E-state index in [1.54, 1.807) is 23.8 Å². The fourth-order valence-corrected chi connectivity index (χ4v) is 4.66. The highest BCUT2D eigenvalue weighted by molar-refractivity contribution is 7.10. The van der Waals surface area contributed by atoms with Gasteiger partial charge in [0.1, 0.15) is 5.69 Å². The molecule has 4 nitrogen and oxygen atoms in total. The summed E-state index contributed by atoms with van der Waals surface area (Å²) in [6.07, 6.45) is 7.45. The number of aromatic nitrogens is 1. The molecule has 3 aromatic heterocycles. The minimum absolute atomic E-state index is 0.127.